The van der Waals surface area contributed by atoms with Crippen molar-refractivity contribution in [1.29, 1.82) is 0 Å². The summed E-state index contributed by atoms with van der Waals surface area (Å²) in [6, 6.07) is 7.88. The van der Waals surface area contributed by atoms with E-state index in [1.165, 1.54) is 10.0 Å². The average Bonchev–Trinajstić information content (AvgIpc) is 2.44. The molecule has 2 unspecified atom stereocenters. The molecule has 0 aliphatic carbocycles. The number of hydrazine groups is 1. The van der Waals surface area contributed by atoms with Crippen molar-refractivity contribution in [3.05, 3.63) is 35.4 Å². The highest BCUT2D eigenvalue weighted by molar-refractivity contribution is 9.10. The van der Waals surface area contributed by atoms with Gasteiger partial charge in [-0.1, -0.05) is 56.1 Å². The number of alkyl halides is 2. The molecule has 1 aliphatic rings. The molecule has 0 saturated heterocycles. The predicted octanol–water partition coefficient (Wildman–Crippen LogP) is 2.84. The van der Waals surface area contributed by atoms with Gasteiger partial charge in [-0.15, -0.1) is 0 Å². The van der Waals surface area contributed by atoms with Gasteiger partial charge < -0.3 is 0 Å². The molecule has 6 heteroatoms. The van der Waals surface area contributed by atoms with Crippen LogP contribution in [0.1, 0.15) is 25.0 Å². The van der Waals surface area contributed by atoms with Crippen LogP contribution in [0.3, 0.4) is 0 Å². The van der Waals surface area contributed by atoms with Crippen molar-refractivity contribution >= 4 is 43.7 Å². The van der Waals surface area contributed by atoms with Crippen molar-refractivity contribution in [3.63, 3.8) is 0 Å². The van der Waals surface area contributed by atoms with Crippen LogP contribution in [0.25, 0.3) is 0 Å². The SMILES string of the molecule is CC(Br)C(=O)N1Cc2ccccc2CN1C(=O)C(C)Br. The zero-order valence-electron chi connectivity index (χ0n) is 11.3. The fraction of sp³-hybridized carbons (Fsp3) is 0.429. The Morgan fingerprint density at radius 1 is 0.950 bits per heavy atom. The summed E-state index contributed by atoms with van der Waals surface area (Å²) in [5, 5.41) is 3.06. The summed E-state index contributed by atoms with van der Waals surface area (Å²) in [5.74, 6) is -0.220. The van der Waals surface area contributed by atoms with Crippen molar-refractivity contribution in [2.24, 2.45) is 0 Å². The summed E-state index contributed by atoms with van der Waals surface area (Å²) in [5.41, 5.74) is 2.17. The second-order valence-corrected chi connectivity index (χ2v) is 7.54. The molecule has 2 amide bonds. The van der Waals surface area contributed by atoms with Gasteiger partial charge in [0.15, 0.2) is 0 Å². The Labute approximate surface area is 135 Å². The Balaban J connectivity index is 2.36. The molecule has 0 radical (unpaired) electrons. The van der Waals surface area contributed by atoms with Gasteiger partial charge in [-0.3, -0.25) is 9.59 Å². The summed E-state index contributed by atoms with van der Waals surface area (Å²) in [7, 11) is 0. The van der Waals surface area contributed by atoms with Crippen LogP contribution in [-0.4, -0.2) is 31.5 Å². The molecule has 1 aliphatic heterocycles. The molecular weight excluding hydrogens is 388 g/mol. The molecule has 1 aromatic carbocycles. The summed E-state index contributed by atoms with van der Waals surface area (Å²) in [6.07, 6.45) is 0. The monoisotopic (exact) mass is 402 g/mol. The molecule has 0 aromatic heterocycles. The van der Waals surface area contributed by atoms with E-state index in [1.54, 1.807) is 13.8 Å². The minimum atomic E-state index is -0.325. The minimum Gasteiger partial charge on any atom is -0.272 e. The van der Waals surface area contributed by atoms with E-state index >= 15 is 0 Å². The molecule has 0 bridgehead atoms. The third kappa shape index (κ3) is 3.06. The van der Waals surface area contributed by atoms with Crippen LogP contribution in [0.2, 0.25) is 0 Å². The quantitative estimate of drug-likeness (QED) is 0.712. The van der Waals surface area contributed by atoms with Gasteiger partial charge in [0.05, 0.1) is 22.7 Å². The van der Waals surface area contributed by atoms with Gasteiger partial charge in [-0.2, -0.15) is 0 Å². The van der Waals surface area contributed by atoms with Crippen molar-refractivity contribution < 1.29 is 9.59 Å². The van der Waals surface area contributed by atoms with Crippen LogP contribution >= 0.6 is 31.9 Å². The molecule has 0 saturated carbocycles. The molecule has 1 heterocycles. The second-order valence-electron chi connectivity index (χ2n) is 4.79. The number of benzene rings is 1. The third-order valence-corrected chi connectivity index (χ3v) is 4.02. The molecule has 1 aromatic rings. The normalized spacial score (nSPS) is 17.4. The molecule has 20 heavy (non-hydrogen) atoms. The Morgan fingerprint density at radius 2 is 1.30 bits per heavy atom. The van der Waals surface area contributed by atoms with E-state index in [0.717, 1.165) is 11.1 Å². The lowest BCUT2D eigenvalue weighted by atomic mass is 10.0. The van der Waals surface area contributed by atoms with Crippen molar-refractivity contribution in [2.75, 3.05) is 0 Å². The van der Waals surface area contributed by atoms with Crippen LogP contribution in [0.4, 0.5) is 0 Å². The summed E-state index contributed by atoms with van der Waals surface area (Å²) in [6.45, 7) is 4.39. The highest BCUT2D eigenvalue weighted by Crippen LogP contribution is 2.25. The van der Waals surface area contributed by atoms with E-state index < -0.39 is 0 Å². The summed E-state index contributed by atoms with van der Waals surface area (Å²) >= 11 is 6.58. The lowest BCUT2D eigenvalue weighted by Crippen LogP contribution is -2.54. The number of halogens is 2. The maximum Gasteiger partial charge on any atom is 0.254 e. The first-order valence-corrected chi connectivity index (χ1v) is 8.22. The average molecular weight is 404 g/mol. The molecule has 108 valence electrons. The number of fused-ring (bicyclic) bond motifs is 1. The number of hydrogen-bond donors (Lipinski definition) is 0. The maximum absolute atomic E-state index is 12.3. The zero-order valence-corrected chi connectivity index (χ0v) is 14.5. The van der Waals surface area contributed by atoms with Gasteiger partial charge in [-0.25, -0.2) is 10.0 Å². The molecule has 2 rings (SSSR count). The van der Waals surface area contributed by atoms with Gasteiger partial charge in [0, 0.05) is 0 Å². The number of carbonyl (C=O) groups is 2. The standard InChI is InChI=1S/C14H16Br2N2O2/c1-9(15)13(19)17-7-11-5-3-4-6-12(11)8-18(17)14(20)10(2)16/h3-6,9-10H,7-8H2,1-2H3. The fourth-order valence-corrected chi connectivity index (χ4v) is 2.64. The first-order chi connectivity index (χ1) is 9.41. The van der Waals surface area contributed by atoms with Gasteiger partial charge in [0.2, 0.25) is 0 Å². The summed E-state index contributed by atoms with van der Waals surface area (Å²) < 4.78 is 0. The van der Waals surface area contributed by atoms with Crippen LogP contribution < -0.4 is 0 Å². The molecule has 2 atom stereocenters. The van der Waals surface area contributed by atoms with Gasteiger partial charge in [0.25, 0.3) is 11.8 Å². The van der Waals surface area contributed by atoms with Crippen LogP contribution in [0.15, 0.2) is 24.3 Å². The van der Waals surface area contributed by atoms with Gasteiger partial charge in [0.1, 0.15) is 0 Å². The predicted molar refractivity (Wildman–Crippen MR) is 84.3 cm³/mol. The number of carbonyl (C=O) groups excluding carboxylic acids is 2. The number of rotatable bonds is 2. The van der Waals surface area contributed by atoms with Gasteiger partial charge >= 0.3 is 0 Å². The van der Waals surface area contributed by atoms with Crippen LogP contribution in [0, 0.1) is 0 Å². The smallest absolute Gasteiger partial charge is 0.254 e. The Kier molecular flexibility index (Phi) is 4.86. The van der Waals surface area contributed by atoms with E-state index in [4.69, 9.17) is 0 Å². The fourth-order valence-electron chi connectivity index (χ4n) is 2.16. The topological polar surface area (TPSA) is 40.6 Å². The molecule has 4 nitrogen and oxygen atoms in total. The first kappa shape index (κ1) is 15.5. The molecule has 0 spiro atoms. The maximum atomic E-state index is 12.3. The highest BCUT2D eigenvalue weighted by atomic mass is 79.9. The molecule has 0 fully saturated rings. The Morgan fingerprint density at radius 3 is 1.60 bits per heavy atom. The van der Waals surface area contributed by atoms with E-state index in [9.17, 15) is 9.59 Å². The number of nitrogens with zero attached hydrogens (tertiary/aromatic N) is 2. The van der Waals surface area contributed by atoms with E-state index in [1.807, 2.05) is 24.3 Å². The van der Waals surface area contributed by atoms with Gasteiger partial charge in [-0.05, 0) is 25.0 Å². The molecule has 0 N–H and O–H groups in total. The Bertz CT molecular complexity index is 485. The Hall–Kier alpha value is -0.880. The lowest BCUT2D eigenvalue weighted by Gasteiger charge is -2.40. The van der Waals surface area contributed by atoms with Crippen LogP contribution in [-0.2, 0) is 22.7 Å². The van der Waals surface area contributed by atoms with Crippen molar-refractivity contribution in [1.82, 2.24) is 10.0 Å². The summed E-state index contributed by atoms with van der Waals surface area (Å²) in [4.78, 5) is 24.0. The van der Waals surface area contributed by atoms with E-state index in [-0.39, 0.29) is 21.5 Å². The first-order valence-electron chi connectivity index (χ1n) is 6.39. The lowest BCUT2D eigenvalue weighted by molar-refractivity contribution is -0.167. The van der Waals surface area contributed by atoms with Crippen molar-refractivity contribution in [2.45, 2.75) is 36.6 Å². The number of amides is 2. The van der Waals surface area contributed by atoms with Crippen LogP contribution in [0.5, 0.6) is 0 Å². The van der Waals surface area contributed by atoms with Crippen molar-refractivity contribution in [3.8, 4) is 0 Å². The molecular formula is C14H16Br2N2O2. The largest absolute Gasteiger partial charge is 0.272 e. The zero-order chi connectivity index (χ0) is 14.9. The van der Waals surface area contributed by atoms with E-state index in [2.05, 4.69) is 31.9 Å². The second kappa shape index (κ2) is 6.26. The minimum absolute atomic E-state index is 0.110. The third-order valence-electron chi connectivity index (χ3n) is 3.24. The van der Waals surface area contributed by atoms with E-state index in [0.29, 0.717) is 13.1 Å². The number of hydrogen-bond acceptors (Lipinski definition) is 2. The highest BCUT2D eigenvalue weighted by Gasteiger charge is 2.34.